The summed E-state index contributed by atoms with van der Waals surface area (Å²) >= 11 is 0. The maximum atomic E-state index is 5.82. The lowest BCUT2D eigenvalue weighted by atomic mass is 9.90. The van der Waals surface area contributed by atoms with Crippen molar-refractivity contribution in [1.29, 1.82) is 0 Å². The average molecular weight is 265 g/mol. The van der Waals surface area contributed by atoms with Gasteiger partial charge in [0.15, 0.2) is 0 Å². The Bertz CT molecular complexity index is 354. The molecule has 0 saturated heterocycles. The van der Waals surface area contributed by atoms with E-state index in [0.29, 0.717) is 25.2 Å². The van der Waals surface area contributed by atoms with Crippen molar-refractivity contribution in [3.63, 3.8) is 0 Å². The van der Waals surface area contributed by atoms with Crippen LogP contribution in [0.5, 0.6) is 5.75 Å². The Morgan fingerprint density at radius 3 is 2.58 bits per heavy atom. The Morgan fingerprint density at radius 1 is 1.21 bits per heavy atom. The molecule has 0 aliphatic rings. The molecule has 1 rings (SSSR count). The Labute approximate surface area is 117 Å². The molecule has 108 valence electrons. The highest BCUT2D eigenvalue weighted by atomic mass is 16.5. The zero-order valence-electron chi connectivity index (χ0n) is 12.6. The standard InChI is InChI=1S/C16H27NO2/c1-5-8-13(2)16(17-3)14-9-6-7-10-15(14)19-12-11-18-4/h6-7,9-10,13,16-17H,5,8,11-12H2,1-4H3. The number of nitrogens with one attached hydrogen (secondary N) is 1. The number of benzene rings is 1. The van der Waals surface area contributed by atoms with Gasteiger partial charge in [-0.1, -0.05) is 38.5 Å². The van der Waals surface area contributed by atoms with Gasteiger partial charge in [0.05, 0.1) is 6.61 Å². The highest BCUT2D eigenvalue weighted by Gasteiger charge is 2.20. The monoisotopic (exact) mass is 265 g/mol. The molecule has 2 atom stereocenters. The molecule has 19 heavy (non-hydrogen) atoms. The van der Waals surface area contributed by atoms with E-state index in [9.17, 15) is 0 Å². The first-order valence-corrected chi connectivity index (χ1v) is 7.12. The Morgan fingerprint density at radius 2 is 1.95 bits per heavy atom. The molecular weight excluding hydrogens is 238 g/mol. The van der Waals surface area contributed by atoms with Crippen molar-refractivity contribution in [3.05, 3.63) is 29.8 Å². The largest absolute Gasteiger partial charge is 0.491 e. The second-order valence-corrected chi connectivity index (χ2v) is 4.91. The molecule has 3 nitrogen and oxygen atoms in total. The van der Waals surface area contributed by atoms with Crippen LogP contribution in [0.2, 0.25) is 0 Å². The Kier molecular flexibility index (Phi) is 7.53. The molecule has 0 radical (unpaired) electrons. The van der Waals surface area contributed by atoms with E-state index in [4.69, 9.17) is 9.47 Å². The number of para-hydroxylation sites is 1. The molecule has 1 aromatic carbocycles. The molecule has 3 heteroatoms. The fourth-order valence-corrected chi connectivity index (χ4v) is 2.47. The van der Waals surface area contributed by atoms with Gasteiger partial charge < -0.3 is 14.8 Å². The zero-order chi connectivity index (χ0) is 14.1. The molecule has 0 bridgehead atoms. The third kappa shape index (κ3) is 4.84. The van der Waals surface area contributed by atoms with Gasteiger partial charge in [-0.2, -0.15) is 0 Å². The van der Waals surface area contributed by atoms with Gasteiger partial charge in [-0.3, -0.25) is 0 Å². The molecule has 2 unspecified atom stereocenters. The SMILES string of the molecule is CCCC(C)C(NC)c1ccccc1OCCOC. The molecule has 0 amide bonds. The molecule has 0 fully saturated rings. The molecular formula is C16H27NO2. The number of rotatable bonds is 9. The second-order valence-electron chi connectivity index (χ2n) is 4.91. The quantitative estimate of drug-likeness (QED) is 0.694. The van der Waals surface area contributed by atoms with Crippen molar-refractivity contribution in [2.45, 2.75) is 32.7 Å². The maximum Gasteiger partial charge on any atom is 0.124 e. The number of hydrogen-bond donors (Lipinski definition) is 1. The van der Waals surface area contributed by atoms with Crippen LogP contribution in [0, 0.1) is 5.92 Å². The van der Waals surface area contributed by atoms with Crippen LogP contribution in [-0.2, 0) is 4.74 Å². The Hall–Kier alpha value is -1.06. The lowest BCUT2D eigenvalue weighted by Gasteiger charge is -2.25. The predicted octanol–water partition coefficient (Wildman–Crippen LogP) is 3.41. The third-order valence-corrected chi connectivity index (χ3v) is 3.42. The van der Waals surface area contributed by atoms with Gasteiger partial charge in [-0.25, -0.2) is 0 Å². The summed E-state index contributed by atoms with van der Waals surface area (Å²) in [4.78, 5) is 0. The molecule has 0 aliphatic heterocycles. The molecule has 0 heterocycles. The Balaban J connectivity index is 2.83. The minimum Gasteiger partial charge on any atom is -0.491 e. The van der Waals surface area contributed by atoms with E-state index in [1.807, 2.05) is 19.2 Å². The molecule has 1 aromatic rings. The van der Waals surface area contributed by atoms with Gasteiger partial charge in [0.2, 0.25) is 0 Å². The van der Waals surface area contributed by atoms with Crippen LogP contribution in [-0.4, -0.2) is 27.4 Å². The van der Waals surface area contributed by atoms with E-state index >= 15 is 0 Å². The van der Waals surface area contributed by atoms with Gasteiger partial charge in [-0.05, 0) is 25.5 Å². The van der Waals surface area contributed by atoms with Gasteiger partial charge >= 0.3 is 0 Å². The molecule has 0 aromatic heterocycles. The minimum atomic E-state index is 0.332. The number of hydrogen-bond acceptors (Lipinski definition) is 3. The van der Waals surface area contributed by atoms with Gasteiger partial charge in [0, 0.05) is 18.7 Å². The van der Waals surface area contributed by atoms with Crippen LogP contribution in [0.25, 0.3) is 0 Å². The fourth-order valence-electron chi connectivity index (χ4n) is 2.47. The van der Waals surface area contributed by atoms with Crippen LogP contribution in [0.1, 0.15) is 38.3 Å². The van der Waals surface area contributed by atoms with Crippen molar-refractivity contribution in [3.8, 4) is 5.75 Å². The highest BCUT2D eigenvalue weighted by molar-refractivity contribution is 5.36. The van der Waals surface area contributed by atoms with E-state index in [2.05, 4.69) is 31.3 Å². The first-order valence-electron chi connectivity index (χ1n) is 7.12. The van der Waals surface area contributed by atoms with E-state index in [-0.39, 0.29) is 0 Å². The minimum absolute atomic E-state index is 0.332. The van der Waals surface area contributed by atoms with E-state index in [1.165, 1.54) is 18.4 Å². The van der Waals surface area contributed by atoms with E-state index in [0.717, 1.165) is 5.75 Å². The normalized spacial score (nSPS) is 14.1. The maximum absolute atomic E-state index is 5.82. The summed E-state index contributed by atoms with van der Waals surface area (Å²) in [6.45, 7) is 5.72. The molecule has 0 saturated carbocycles. The number of methoxy groups -OCH3 is 1. The summed E-state index contributed by atoms with van der Waals surface area (Å²) in [6.07, 6.45) is 2.41. The van der Waals surface area contributed by atoms with Crippen molar-refractivity contribution < 1.29 is 9.47 Å². The van der Waals surface area contributed by atoms with Crippen molar-refractivity contribution >= 4 is 0 Å². The average Bonchev–Trinajstić information content (AvgIpc) is 2.42. The smallest absolute Gasteiger partial charge is 0.124 e. The summed E-state index contributed by atoms with van der Waals surface area (Å²) < 4.78 is 10.9. The van der Waals surface area contributed by atoms with Gasteiger partial charge in [0.1, 0.15) is 12.4 Å². The van der Waals surface area contributed by atoms with Gasteiger partial charge in [0.25, 0.3) is 0 Å². The molecule has 0 aliphatic carbocycles. The van der Waals surface area contributed by atoms with Crippen molar-refractivity contribution in [1.82, 2.24) is 5.32 Å². The topological polar surface area (TPSA) is 30.5 Å². The first-order chi connectivity index (χ1) is 9.24. The van der Waals surface area contributed by atoms with E-state index in [1.54, 1.807) is 7.11 Å². The molecule has 0 spiro atoms. The highest BCUT2D eigenvalue weighted by Crippen LogP contribution is 2.31. The van der Waals surface area contributed by atoms with Gasteiger partial charge in [-0.15, -0.1) is 0 Å². The second kappa shape index (κ2) is 8.94. The zero-order valence-corrected chi connectivity index (χ0v) is 12.6. The summed E-state index contributed by atoms with van der Waals surface area (Å²) in [5, 5.41) is 3.42. The van der Waals surface area contributed by atoms with Crippen LogP contribution >= 0.6 is 0 Å². The predicted molar refractivity (Wildman–Crippen MR) is 79.7 cm³/mol. The lowest BCUT2D eigenvalue weighted by molar-refractivity contribution is 0.145. The van der Waals surface area contributed by atoms with Crippen LogP contribution in [0.15, 0.2) is 24.3 Å². The van der Waals surface area contributed by atoms with Crippen molar-refractivity contribution in [2.24, 2.45) is 5.92 Å². The summed E-state index contributed by atoms with van der Waals surface area (Å²) in [5.74, 6) is 1.55. The fraction of sp³-hybridized carbons (Fsp3) is 0.625. The third-order valence-electron chi connectivity index (χ3n) is 3.42. The molecule has 1 N–H and O–H groups in total. The van der Waals surface area contributed by atoms with E-state index < -0.39 is 0 Å². The summed E-state index contributed by atoms with van der Waals surface area (Å²) in [7, 11) is 3.71. The van der Waals surface area contributed by atoms with Crippen LogP contribution in [0.4, 0.5) is 0 Å². The summed E-state index contributed by atoms with van der Waals surface area (Å²) in [6, 6.07) is 8.60. The first kappa shape index (κ1) is 16.0. The summed E-state index contributed by atoms with van der Waals surface area (Å²) in [5.41, 5.74) is 1.24. The van der Waals surface area contributed by atoms with Crippen LogP contribution in [0.3, 0.4) is 0 Å². The van der Waals surface area contributed by atoms with Crippen LogP contribution < -0.4 is 10.1 Å². The number of ether oxygens (including phenoxy) is 2. The lowest BCUT2D eigenvalue weighted by Crippen LogP contribution is -2.24. The van der Waals surface area contributed by atoms with Crippen molar-refractivity contribution in [2.75, 3.05) is 27.4 Å².